The van der Waals surface area contributed by atoms with Crippen molar-refractivity contribution in [2.45, 2.75) is 39.3 Å². The van der Waals surface area contributed by atoms with Crippen molar-refractivity contribution in [1.29, 1.82) is 0 Å². The lowest BCUT2D eigenvalue weighted by molar-refractivity contribution is -0.122. The number of phenols is 1. The van der Waals surface area contributed by atoms with Gasteiger partial charge in [0.2, 0.25) is 5.91 Å². The summed E-state index contributed by atoms with van der Waals surface area (Å²) < 4.78 is 0. The number of amides is 1. The number of carbonyl (C=O) groups excluding carboxylic acids is 1. The van der Waals surface area contributed by atoms with Crippen LogP contribution < -0.4 is 5.32 Å². The van der Waals surface area contributed by atoms with Gasteiger partial charge in [-0.2, -0.15) is 0 Å². The lowest BCUT2D eigenvalue weighted by Gasteiger charge is -2.24. The number of likely N-dealkylation sites (N-methyl/N-ethyl adjacent to an activating group) is 1. The molecule has 1 rings (SSSR count). The van der Waals surface area contributed by atoms with Gasteiger partial charge in [0, 0.05) is 12.1 Å². The maximum atomic E-state index is 11.7. The number of hydrogen-bond donors (Lipinski definition) is 2. The van der Waals surface area contributed by atoms with Crippen LogP contribution in [0.3, 0.4) is 0 Å². The smallest absolute Gasteiger partial charge is 0.234 e. The van der Waals surface area contributed by atoms with Gasteiger partial charge >= 0.3 is 0 Å². The van der Waals surface area contributed by atoms with Crippen molar-refractivity contribution in [3.8, 4) is 5.75 Å². The summed E-state index contributed by atoms with van der Waals surface area (Å²) in [5.74, 6) is 0.330. The molecule has 1 amide bonds. The van der Waals surface area contributed by atoms with Crippen molar-refractivity contribution in [1.82, 2.24) is 10.2 Å². The lowest BCUT2D eigenvalue weighted by Crippen LogP contribution is -2.42. The van der Waals surface area contributed by atoms with Gasteiger partial charge in [0.15, 0.2) is 0 Å². The van der Waals surface area contributed by atoms with E-state index < -0.39 is 0 Å². The minimum absolute atomic E-state index is 0.0510. The highest BCUT2D eigenvalue weighted by Crippen LogP contribution is 2.12. The summed E-state index contributed by atoms with van der Waals surface area (Å²) >= 11 is 0. The molecule has 4 nitrogen and oxygen atoms in total. The van der Waals surface area contributed by atoms with Gasteiger partial charge in [-0.25, -0.2) is 0 Å². The number of aromatic hydroxyl groups is 1. The second-order valence-electron chi connectivity index (χ2n) is 5.36. The van der Waals surface area contributed by atoms with Crippen LogP contribution in [0.15, 0.2) is 24.3 Å². The summed E-state index contributed by atoms with van der Waals surface area (Å²) in [6.45, 7) is 6.41. The molecule has 0 bridgehead atoms. The van der Waals surface area contributed by atoms with Crippen LogP contribution >= 0.6 is 0 Å². The number of phenolic OH excluding ortho intramolecular Hbond substituents is 1. The first-order chi connectivity index (χ1) is 8.88. The Hall–Kier alpha value is -1.55. The van der Waals surface area contributed by atoms with E-state index in [4.69, 9.17) is 0 Å². The monoisotopic (exact) mass is 264 g/mol. The van der Waals surface area contributed by atoms with Crippen LogP contribution in [-0.2, 0) is 11.2 Å². The van der Waals surface area contributed by atoms with Gasteiger partial charge in [0.05, 0.1) is 6.54 Å². The van der Waals surface area contributed by atoms with E-state index in [1.807, 2.05) is 37.9 Å². The van der Waals surface area contributed by atoms with Gasteiger partial charge in [0.25, 0.3) is 0 Å². The molecular weight excluding hydrogens is 240 g/mol. The van der Waals surface area contributed by atoms with E-state index in [0.717, 1.165) is 12.0 Å². The number of nitrogens with zero attached hydrogens (tertiary/aromatic N) is 1. The van der Waals surface area contributed by atoms with Crippen molar-refractivity contribution in [3.05, 3.63) is 29.8 Å². The first-order valence-corrected chi connectivity index (χ1v) is 6.66. The maximum absolute atomic E-state index is 11.7. The lowest BCUT2D eigenvalue weighted by atomic mass is 10.1. The van der Waals surface area contributed by atoms with Crippen LogP contribution in [-0.4, -0.2) is 41.6 Å². The molecule has 0 spiro atoms. The fourth-order valence-corrected chi connectivity index (χ4v) is 1.88. The predicted molar refractivity (Wildman–Crippen MR) is 77.2 cm³/mol. The number of carbonyl (C=O) groups is 1. The molecular formula is C15H24N2O2. The van der Waals surface area contributed by atoms with Crippen LogP contribution in [0.25, 0.3) is 0 Å². The number of benzene rings is 1. The van der Waals surface area contributed by atoms with E-state index in [1.165, 1.54) is 0 Å². The molecule has 0 aliphatic heterocycles. The molecule has 0 radical (unpaired) electrons. The first kappa shape index (κ1) is 15.5. The summed E-state index contributed by atoms with van der Waals surface area (Å²) in [6.07, 6.45) is 0.853. The summed E-state index contributed by atoms with van der Waals surface area (Å²) in [7, 11) is 1.95. The molecule has 0 saturated heterocycles. The third kappa shape index (κ3) is 5.75. The van der Waals surface area contributed by atoms with Gasteiger partial charge in [-0.15, -0.1) is 0 Å². The van der Waals surface area contributed by atoms with Gasteiger partial charge in [-0.05, 0) is 51.9 Å². The van der Waals surface area contributed by atoms with E-state index in [0.29, 0.717) is 6.54 Å². The van der Waals surface area contributed by atoms with E-state index in [9.17, 15) is 9.90 Å². The van der Waals surface area contributed by atoms with Crippen LogP contribution in [0.4, 0.5) is 0 Å². The van der Waals surface area contributed by atoms with Gasteiger partial charge < -0.3 is 10.4 Å². The quantitative estimate of drug-likeness (QED) is 0.823. The number of hydrogen-bond acceptors (Lipinski definition) is 3. The van der Waals surface area contributed by atoms with Crippen LogP contribution in [0.2, 0.25) is 0 Å². The molecule has 0 fully saturated rings. The zero-order chi connectivity index (χ0) is 14.4. The molecule has 0 aliphatic rings. The first-order valence-electron chi connectivity index (χ1n) is 6.66. The Kier molecular flexibility index (Phi) is 5.83. The average Bonchev–Trinajstić information content (AvgIpc) is 2.30. The van der Waals surface area contributed by atoms with Crippen LogP contribution in [0.1, 0.15) is 26.3 Å². The van der Waals surface area contributed by atoms with Crippen LogP contribution in [0.5, 0.6) is 5.75 Å². The van der Waals surface area contributed by atoms with E-state index in [-0.39, 0.29) is 23.7 Å². The van der Waals surface area contributed by atoms with E-state index >= 15 is 0 Å². The molecule has 1 aromatic carbocycles. The zero-order valence-corrected chi connectivity index (χ0v) is 12.2. The standard InChI is InChI=1S/C15H24N2O2/c1-11(2)16-15(19)10-17(4)12(3)9-13-5-7-14(18)8-6-13/h5-8,11-12,18H,9-10H2,1-4H3,(H,16,19). The summed E-state index contributed by atoms with van der Waals surface area (Å²) in [6, 6.07) is 7.64. The predicted octanol–water partition coefficient (Wildman–Crippen LogP) is 1.78. The molecule has 1 unspecified atom stereocenters. The Morgan fingerprint density at radius 1 is 1.26 bits per heavy atom. The average molecular weight is 264 g/mol. The van der Waals surface area contributed by atoms with Gasteiger partial charge in [-0.1, -0.05) is 12.1 Å². The minimum Gasteiger partial charge on any atom is -0.508 e. The van der Waals surface area contributed by atoms with Crippen molar-refractivity contribution in [2.24, 2.45) is 0 Å². The fraction of sp³-hybridized carbons (Fsp3) is 0.533. The Morgan fingerprint density at radius 2 is 1.84 bits per heavy atom. The van der Waals surface area contributed by atoms with E-state index in [2.05, 4.69) is 12.2 Å². The highest BCUT2D eigenvalue weighted by Gasteiger charge is 2.14. The van der Waals surface area contributed by atoms with Crippen LogP contribution in [0, 0.1) is 0 Å². The highest BCUT2D eigenvalue weighted by molar-refractivity contribution is 5.78. The molecule has 19 heavy (non-hydrogen) atoms. The summed E-state index contributed by atoms with van der Waals surface area (Å²) in [5, 5.41) is 12.1. The largest absolute Gasteiger partial charge is 0.508 e. The Balaban J connectivity index is 2.46. The summed E-state index contributed by atoms with van der Waals surface area (Å²) in [5.41, 5.74) is 1.15. The Morgan fingerprint density at radius 3 is 2.37 bits per heavy atom. The normalized spacial score (nSPS) is 12.7. The third-order valence-electron chi connectivity index (χ3n) is 3.06. The second-order valence-corrected chi connectivity index (χ2v) is 5.36. The molecule has 0 aliphatic carbocycles. The van der Waals surface area contributed by atoms with Crippen molar-refractivity contribution < 1.29 is 9.90 Å². The van der Waals surface area contributed by atoms with Gasteiger partial charge in [0.1, 0.15) is 5.75 Å². The molecule has 4 heteroatoms. The number of nitrogens with one attached hydrogen (secondary N) is 1. The molecule has 2 N–H and O–H groups in total. The Bertz CT molecular complexity index is 401. The van der Waals surface area contributed by atoms with Crippen molar-refractivity contribution >= 4 is 5.91 Å². The summed E-state index contributed by atoms with van der Waals surface area (Å²) in [4.78, 5) is 13.7. The zero-order valence-electron chi connectivity index (χ0n) is 12.2. The second kappa shape index (κ2) is 7.14. The van der Waals surface area contributed by atoms with Gasteiger partial charge in [-0.3, -0.25) is 9.69 Å². The SMILES string of the molecule is CC(C)NC(=O)CN(C)C(C)Cc1ccc(O)cc1. The molecule has 0 heterocycles. The Labute approximate surface area is 115 Å². The minimum atomic E-state index is 0.0510. The number of rotatable bonds is 6. The molecule has 0 aromatic heterocycles. The maximum Gasteiger partial charge on any atom is 0.234 e. The molecule has 1 aromatic rings. The molecule has 1 atom stereocenters. The topological polar surface area (TPSA) is 52.6 Å². The van der Waals surface area contributed by atoms with Crippen molar-refractivity contribution in [2.75, 3.05) is 13.6 Å². The molecule has 0 saturated carbocycles. The van der Waals surface area contributed by atoms with E-state index in [1.54, 1.807) is 12.1 Å². The molecule has 106 valence electrons. The van der Waals surface area contributed by atoms with Crippen molar-refractivity contribution in [3.63, 3.8) is 0 Å². The third-order valence-corrected chi connectivity index (χ3v) is 3.06. The fourth-order valence-electron chi connectivity index (χ4n) is 1.88. The highest BCUT2D eigenvalue weighted by atomic mass is 16.3.